The molecule has 0 aliphatic heterocycles. The predicted octanol–water partition coefficient (Wildman–Crippen LogP) is 4.17. The summed E-state index contributed by atoms with van der Waals surface area (Å²) >= 11 is 13.2. The number of rotatable bonds is 5. The van der Waals surface area contributed by atoms with Crippen LogP contribution in [0.2, 0.25) is 0 Å². The minimum Gasteiger partial charge on any atom is -0.175 e. The van der Waals surface area contributed by atoms with Crippen LogP contribution in [-0.2, 0) is 23.7 Å². The monoisotopic (exact) mass is 272 g/mol. The minimum absolute atomic E-state index is 0.674. The Kier molecular flexibility index (Phi) is 6.16. The normalized spacial score (nSPS) is 11.1. The van der Waals surface area contributed by atoms with Crippen LogP contribution >= 0.6 is 37.9 Å². The summed E-state index contributed by atoms with van der Waals surface area (Å²) in [6.07, 6.45) is 1.11. The summed E-state index contributed by atoms with van der Waals surface area (Å²) in [6, 6.07) is 4.52. The van der Waals surface area contributed by atoms with Gasteiger partial charge in [-0.15, -0.1) is 0 Å². The van der Waals surface area contributed by atoms with Crippen LogP contribution < -0.4 is 0 Å². The molecule has 0 atom stereocenters. The van der Waals surface area contributed by atoms with Crippen molar-refractivity contribution in [3.05, 3.63) is 34.4 Å². The highest BCUT2D eigenvalue weighted by atomic mass is 32.1. The summed E-state index contributed by atoms with van der Waals surface area (Å²) in [4.78, 5) is 0. The minimum atomic E-state index is 0.674. The summed E-state index contributed by atoms with van der Waals surface area (Å²) in [5, 5.41) is 0. The molecule has 1 aromatic rings. The molecule has 0 bridgehead atoms. The van der Waals surface area contributed by atoms with Gasteiger partial charge in [-0.1, -0.05) is 26.0 Å². The van der Waals surface area contributed by atoms with Crippen molar-refractivity contribution < 1.29 is 0 Å². The van der Waals surface area contributed by atoms with E-state index in [0.717, 1.165) is 23.7 Å². The maximum absolute atomic E-state index is 4.41. The van der Waals surface area contributed by atoms with Gasteiger partial charge in [0.05, 0.1) is 0 Å². The Morgan fingerprint density at radius 2 is 1.19 bits per heavy atom. The summed E-state index contributed by atoms with van der Waals surface area (Å²) in [5.74, 6) is 3.04. The van der Waals surface area contributed by atoms with E-state index in [1.807, 2.05) is 0 Å². The SMILES string of the molecule is CC(C)Cc1cc(CS)c(CS)cc1CS. The Bertz CT molecular complexity index is 345. The number of thiol groups is 3. The number of benzene rings is 1. The molecule has 0 saturated heterocycles. The van der Waals surface area contributed by atoms with Gasteiger partial charge < -0.3 is 0 Å². The lowest BCUT2D eigenvalue weighted by atomic mass is 9.94. The van der Waals surface area contributed by atoms with E-state index >= 15 is 0 Å². The van der Waals surface area contributed by atoms with E-state index in [1.165, 1.54) is 22.3 Å². The second kappa shape index (κ2) is 6.87. The quantitative estimate of drug-likeness (QED) is 0.658. The van der Waals surface area contributed by atoms with Gasteiger partial charge in [-0.05, 0) is 34.6 Å². The van der Waals surface area contributed by atoms with Gasteiger partial charge in [0.25, 0.3) is 0 Å². The molecule has 3 heteroatoms. The van der Waals surface area contributed by atoms with E-state index in [1.54, 1.807) is 0 Å². The van der Waals surface area contributed by atoms with Crippen molar-refractivity contribution in [2.75, 3.05) is 0 Å². The fourth-order valence-electron chi connectivity index (χ4n) is 1.86. The second-order valence-electron chi connectivity index (χ2n) is 4.46. The van der Waals surface area contributed by atoms with Crippen molar-refractivity contribution in [3.8, 4) is 0 Å². The molecule has 0 aliphatic carbocycles. The summed E-state index contributed by atoms with van der Waals surface area (Å²) in [5.41, 5.74) is 5.35. The van der Waals surface area contributed by atoms with Crippen LogP contribution in [0.3, 0.4) is 0 Å². The van der Waals surface area contributed by atoms with Crippen LogP contribution in [0.15, 0.2) is 12.1 Å². The number of hydrogen-bond acceptors (Lipinski definition) is 3. The molecule has 0 fully saturated rings. The highest BCUT2D eigenvalue weighted by Crippen LogP contribution is 2.23. The molecule has 0 aliphatic rings. The van der Waals surface area contributed by atoms with E-state index in [-0.39, 0.29) is 0 Å². The van der Waals surface area contributed by atoms with Gasteiger partial charge in [-0.25, -0.2) is 0 Å². The molecule has 0 saturated carbocycles. The molecule has 1 rings (SSSR count). The Morgan fingerprint density at radius 3 is 1.56 bits per heavy atom. The lowest BCUT2D eigenvalue weighted by Crippen LogP contribution is -2.02. The van der Waals surface area contributed by atoms with Crippen LogP contribution in [0.4, 0.5) is 0 Å². The van der Waals surface area contributed by atoms with Gasteiger partial charge in [0.15, 0.2) is 0 Å². The van der Waals surface area contributed by atoms with E-state index in [4.69, 9.17) is 0 Å². The van der Waals surface area contributed by atoms with Crippen molar-refractivity contribution in [3.63, 3.8) is 0 Å². The van der Waals surface area contributed by atoms with Gasteiger partial charge in [-0.3, -0.25) is 0 Å². The zero-order valence-corrected chi connectivity index (χ0v) is 12.6. The highest BCUT2D eigenvalue weighted by Gasteiger charge is 2.09. The van der Waals surface area contributed by atoms with Crippen molar-refractivity contribution in [2.24, 2.45) is 5.92 Å². The lowest BCUT2D eigenvalue weighted by molar-refractivity contribution is 0.644. The van der Waals surface area contributed by atoms with Crippen LogP contribution in [0.1, 0.15) is 36.1 Å². The summed E-state index contributed by atoms with van der Waals surface area (Å²) in [6.45, 7) is 4.49. The molecule has 0 spiro atoms. The van der Waals surface area contributed by atoms with Crippen molar-refractivity contribution in [1.82, 2.24) is 0 Å². The van der Waals surface area contributed by atoms with Crippen LogP contribution in [-0.4, -0.2) is 0 Å². The van der Waals surface area contributed by atoms with Crippen LogP contribution in [0.25, 0.3) is 0 Å². The van der Waals surface area contributed by atoms with Crippen LogP contribution in [0.5, 0.6) is 0 Å². The molecule has 16 heavy (non-hydrogen) atoms. The fraction of sp³-hybridized carbons (Fsp3) is 0.538. The maximum atomic E-state index is 4.41. The molecule has 0 aromatic heterocycles. The molecule has 1 aromatic carbocycles. The first kappa shape index (κ1) is 14.3. The smallest absolute Gasteiger partial charge is 0.0157 e. The molecular weight excluding hydrogens is 252 g/mol. The first-order chi connectivity index (χ1) is 7.62. The maximum Gasteiger partial charge on any atom is 0.0157 e. The molecular formula is C13H20S3. The zero-order valence-electron chi connectivity index (χ0n) is 9.90. The predicted molar refractivity (Wildman–Crippen MR) is 83.1 cm³/mol. The summed E-state index contributed by atoms with van der Waals surface area (Å²) in [7, 11) is 0. The second-order valence-corrected chi connectivity index (χ2v) is 5.41. The van der Waals surface area contributed by atoms with Crippen molar-refractivity contribution in [2.45, 2.75) is 37.5 Å². The molecule has 0 nitrogen and oxygen atoms in total. The molecule has 0 unspecified atom stereocenters. The third-order valence-electron chi connectivity index (χ3n) is 2.66. The molecule has 0 amide bonds. The van der Waals surface area contributed by atoms with Gasteiger partial charge in [0, 0.05) is 17.3 Å². The number of hydrogen-bond donors (Lipinski definition) is 3. The van der Waals surface area contributed by atoms with E-state index in [2.05, 4.69) is 63.9 Å². The third-order valence-corrected chi connectivity index (χ3v) is 3.68. The van der Waals surface area contributed by atoms with Gasteiger partial charge >= 0.3 is 0 Å². The van der Waals surface area contributed by atoms with E-state index in [9.17, 15) is 0 Å². The Morgan fingerprint density at radius 1 is 0.812 bits per heavy atom. The zero-order chi connectivity index (χ0) is 12.1. The van der Waals surface area contributed by atoms with Gasteiger partial charge in [0.1, 0.15) is 0 Å². The first-order valence-corrected chi connectivity index (χ1v) is 7.48. The topological polar surface area (TPSA) is 0 Å². The van der Waals surface area contributed by atoms with Crippen molar-refractivity contribution in [1.29, 1.82) is 0 Å². The average molecular weight is 273 g/mol. The standard InChI is InChI=1S/C13H20S3/c1-9(2)3-10-4-12(7-15)13(8-16)5-11(10)6-14/h4-5,9,14-16H,3,6-8H2,1-2H3. The first-order valence-electron chi connectivity index (χ1n) is 5.58. The Labute approximate surface area is 115 Å². The molecule has 0 radical (unpaired) electrons. The molecule has 0 N–H and O–H groups in total. The summed E-state index contributed by atoms with van der Waals surface area (Å²) < 4.78 is 0. The van der Waals surface area contributed by atoms with Gasteiger partial charge in [-0.2, -0.15) is 37.9 Å². The van der Waals surface area contributed by atoms with Crippen molar-refractivity contribution >= 4 is 37.9 Å². The molecule has 0 heterocycles. The lowest BCUT2D eigenvalue weighted by Gasteiger charge is -2.15. The third kappa shape index (κ3) is 3.64. The fourth-order valence-corrected chi connectivity index (χ4v) is 2.75. The van der Waals surface area contributed by atoms with E-state index in [0.29, 0.717) is 5.92 Å². The van der Waals surface area contributed by atoms with Gasteiger partial charge in [0.2, 0.25) is 0 Å². The Balaban J connectivity index is 3.15. The van der Waals surface area contributed by atoms with E-state index < -0.39 is 0 Å². The Hall–Kier alpha value is 0.270. The largest absolute Gasteiger partial charge is 0.175 e. The highest BCUT2D eigenvalue weighted by molar-refractivity contribution is 7.79. The molecule has 90 valence electrons. The van der Waals surface area contributed by atoms with Crippen LogP contribution in [0, 0.1) is 5.92 Å². The average Bonchev–Trinajstić information content (AvgIpc) is 2.27.